The summed E-state index contributed by atoms with van der Waals surface area (Å²) in [4.78, 5) is 14.2. The number of benzene rings is 2. The Hall–Kier alpha value is -1.98. The third-order valence-corrected chi connectivity index (χ3v) is 4.45. The van der Waals surface area contributed by atoms with Gasteiger partial charge >= 0.3 is 0 Å². The number of hydrogen-bond donors (Lipinski definition) is 1. The molecule has 3 rings (SSSR count). The van der Waals surface area contributed by atoms with E-state index in [-0.39, 0.29) is 5.91 Å². The summed E-state index contributed by atoms with van der Waals surface area (Å²) in [7, 11) is 0. The van der Waals surface area contributed by atoms with Gasteiger partial charge in [0, 0.05) is 4.47 Å². The van der Waals surface area contributed by atoms with Gasteiger partial charge in [-0.15, -0.1) is 0 Å². The molecule has 0 bridgehead atoms. The van der Waals surface area contributed by atoms with Crippen molar-refractivity contribution in [1.82, 2.24) is 5.32 Å². The Labute approximate surface area is 149 Å². The standard InChI is InChI=1S/C18H15BrN2OS/c1-2-12-4-3-5-15(10-12)21-17(22)16(20-18(21)23)11-13-6-8-14(19)9-7-13/h3-11H,2H2,1H3,(H,20,23)/b16-11+. The molecule has 1 aliphatic rings. The van der Waals surface area contributed by atoms with E-state index in [0.29, 0.717) is 10.8 Å². The number of anilines is 1. The molecule has 2 aromatic carbocycles. The summed E-state index contributed by atoms with van der Waals surface area (Å²) < 4.78 is 0.999. The van der Waals surface area contributed by atoms with E-state index >= 15 is 0 Å². The number of nitrogens with zero attached hydrogens (tertiary/aromatic N) is 1. The van der Waals surface area contributed by atoms with Crippen LogP contribution in [0.25, 0.3) is 6.08 Å². The van der Waals surface area contributed by atoms with Crippen molar-refractivity contribution < 1.29 is 4.79 Å². The highest BCUT2D eigenvalue weighted by Crippen LogP contribution is 2.24. The van der Waals surface area contributed by atoms with Gasteiger partial charge in [0.05, 0.1) is 5.69 Å². The average molecular weight is 387 g/mol. The smallest absolute Gasteiger partial charge is 0.281 e. The van der Waals surface area contributed by atoms with Gasteiger partial charge in [-0.3, -0.25) is 9.69 Å². The zero-order valence-corrected chi connectivity index (χ0v) is 14.9. The average Bonchev–Trinajstić information content (AvgIpc) is 2.83. The Kier molecular flexibility index (Phi) is 4.59. The van der Waals surface area contributed by atoms with E-state index in [0.717, 1.165) is 22.1 Å². The van der Waals surface area contributed by atoms with E-state index in [1.807, 2.05) is 54.6 Å². The van der Waals surface area contributed by atoms with Crippen molar-refractivity contribution in [2.24, 2.45) is 0 Å². The summed E-state index contributed by atoms with van der Waals surface area (Å²) in [6.45, 7) is 2.08. The van der Waals surface area contributed by atoms with Crippen LogP contribution in [-0.2, 0) is 11.2 Å². The molecule has 0 saturated carbocycles. The van der Waals surface area contributed by atoms with Crippen molar-refractivity contribution in [3.05, 3.63) is 69.8 Å². The third-order valence-electron chi connectivity index (χ3n) is 3.64. The summed E-state index contributed by atoms with van der Waals surface area (Å²) >= 11 is 8.74. The third kappa shape index (κ3) is 3.35. The second kappa shape index (κ2) is 6.64. The molecule has 1 saturated heterocycles. The van der Waals surface area contributed by atoms with Crippen LogP contribution in [0.2, 0.25) is 0 Å². The van der Waals surface area contributed by atoms with Crippen molar-refractivity contribution in [2.45, 2.75) is 13.3 Å². The Morgan fingerprint density at radius 1 is 1.22 bits per heavy atom. The van der Waals surface area contributed by atoms with Crippen molar-refractivity contribution in [3.63, 3.8) is 0 Å². The highest BCUT2D eigenvalue weighted by Gasteiger charge is 2.31. The minimum atomic E-state index is -0.133. The highest BCUT2D eigenvalue weighted by atomic mass is 79.9. The van der Waals surface area contributed by atoms with E-state index < -0.39 is 0 Å². The molecule has 0 unspecified atom stereocenters. The lowest BCUT2D eigenvalue weighted by Gasteiger charge is -2.14. The lowest BCUT2D eigenvalue weighted by molar-refractivity contribution is -0.113. The summed E-state index contributed by atoms with van der Waals surface area (Å²) in [5.41, 5.74) is 3.39. The second-order valence-electron chi connectivity index (χ2n) is 5.20. The van der Waals surface area contributed by atoms with Crippen molar-refractivity contribution in [3.8, 4) is 0 Å². The summed E-state index contributed by atoms with van der Waals surface area (Å²) in [6, 6.07) is 15.6. The second-order valence-corrected chi connectivity index (χ2v) is 6.51. The van der Waals surface area contributed by atoms with E-state index in [1.54, 1.807) is 4.90 Å². The Bertz CT molecular complexity index is 799. The van der Waals surface area contributed by atoms with E-state index in [2.05, 4.69) is 28.2 Å². The van der Waals surface area contributed by atoms with Gasteiger partial charge in [-0.1, -0.05) is 47.1 Å². The van der Waals surface area contributed by atoms with Gasteiger partial charge < -0.3 is 5.32 Å². The van der Waals surface area contributed by atoms with E-state index in [4.69, 9.17) is 12.2 Å². The number of carbonyl (C=O) groups excluding carboxylic acids is 1. The van der Waals surface area contributed by atoms with Gasteiger partial charge in [0.2, 0.25) is 0 Å². The fraction of sp³-hybridized carbons (Fsp3) is 0.111. The van der Waals surface area contributed by atoms with Gasteiger partial charge in [-0.25, -0.2) is 0 Å². The Morgan fingerprint density at radius 2 is 1.96 bits per heavy atom. The van der Waals surface area contributed by atoms with Crippen LogP contribution in [0.15, 0.2) is 58.7 Å². The molecule has 116 valence electrons. The largest absolute Gasteiger partial charge is 0.327 e. The van der Waals surface area contributed by atoms with Crippen LogP contribution >= 0.6 is 28.1 Å². The number of nitrogens with one attached hydrogen (secondary N) is 1. The van der Waals surface area contributed by atoms with Crippen LogP contribution in [0.5, 0.6) is 0 Å². The monoisotopic (exact) mass is 386 g/mol. The lowest BCUT2D eigenvalue weighted by Crippen LogP contribution is -2.30. The normalized spacial score (nSPS) is 16.1. The van der Waals surface area contributed by atoms with Crippen LogP contribution in [0.1, 0.15) is 18.1 Å². The first-order chi connectivity index (χ1) is 11.1. The number of rotatable bonds is 3. The quantitative estimate of drug-likeness (QED) is 0.631. The summed E-state index contributed by atoms with van der Waals surface area (Å²) in [5, 5.41) is 3.42. The molecule has 0 atom stereocenters. The molecule has 2 aromatic rings. The predicted octanol–water partition coefficient (Wildman–Crippen LogP) is 4.27. The minimum absolute atomic E-state index is 0.133. The molecule has 0 aliphatic carbocycles. The zero-order valence-electron chi connectivity index (χ0n) is 12.5. The Balaban J connectivity index is 1.91. The number of amides is 1. The summed E-state index contributed by atoms with van der Waals surface area (Å²) in [5.74, 6) is -0.133. The van der Waals surface area contributed by atoms with Gasteiger partial charge in [0.15, 0.2) is 5.11 Å². The molecule has 1 heterocycles. The molecule has 1 amide bonds. The molecule has 1 N–H and O–H groups in total. The SMILES string of the molecule is CCc1cccc(N2C(=O)/C(=C\c3ccc(Br)cc3)NC2=S)c1. The number of aryl methyl sites for hydroxylation is 1. The maximum absolute atomic E-state index is 12.7. The predicted molar refractivity (Wildman–Crippen MR) is 101 cm³/mol. The van der Waals surface area contributed by atoms with E-state index in [9.17, 15) is 4.79 Å². The van der Waals surface area contributed by atoms with Crippen molar-refractivity contribution >= 4 is 50.9 Å². The molecule has 23 heavy (non-hydrogen) atoms. The number of hydrogen-bond acceptors (Lipinski definition) is 2. The lowest BCUT2D eigenvalue weighted by atomic mass is 10.1. The fourth-order valence-electron chi connectivity index (χ4n) is 2.41. The van der Waals surface area contributed by atoms with Gasteiger partial charge in [-0.2, -0.15) is 0 Å². The first-order valence-corrected chi connectivity index (χ1v) is 8.50. The first kappa shape index (κ1) is 15.9. The zero-order chi connectivity index (χ0) is 16.4. The fourth-order valence-corrected chi connectivity index (χ4v) is 2.97. The molecule has 0 radical (unpaired) electrons. The van der Waals surface area contributed by atoms with Crippen molar-refractivity contribution in [1.29, 1.82) is 0 Å². The molecule has 1 aliphatic heterocycles. The summed E-state index contributed by atoms with van der Waals surface area (Å²) in [6.07, 6.45) is 2.72. The molecule has 1 fully saturated rings. The van der Waals surface area contributed by atoms with Crippen LogP contribution in [0, 0.1) is 0 Å². The minimum Gasteiger partial charge on any atom is -0.327 e. The molecule has 0 aromatic heterocycles. The van der Waals surface area contributed by atoms with Crippen LogP contribution in [0.3, 0.4) is 0 Å². The maximum atomic E-state index is 12.7. The van der Waals surface area contributed by atoms with Gasteiger partial charge in [0.25, 0.3) is 5.91 Å². The molecular weight excluding hydrogens is 372 g/mol. The molecule has 3 nitrogen and oxygen atoms in total. The molecular formula is C18H15BrN2OS. The first-order valence-electron chi connectivity index (χ1n) is 7.30. The van der Waals surface area contributed by atoms with E-state index in [1.165, 1.54) is 5.56 Å². The highest BCUT2D eigenvalue weighted by molar-refractivity contribution is 9.10. The molecule has 0 spiro atoms. The van der Waals surface area contributed by atoms with Gasteiger partial charge in [-0.05, 0) is 60.1 Å². The van der Waals surface area contributed by atoms with Gasteiger partial charge in [0.1, 0.15) is 5.70 Å². The topological polar surface area (TPSA) is 32.3 Å². The van der Waals surface area contributed by atoms with Crippen LogP contribution < -0.4 is 10.2 Å². The Morgan fingerprint density at radius 3 is 2.65 bits per heavy atom. The number of carbonyl (C=O) groups is 1. The van der Waals surface area contributed by atoms with Crippen LogP contribution in [0.4, 0.5) is 5.69 Å². The molecule has 5 heteroatoms. The number of thiocarbonyl (C=S) groups is 1. The number of halogens is 1. The maximum Gasteiger partial charge on any atom is 0.281 e. The van der Waals surface area contributed by atoms with Crippen LogP contribution in [-0.4, -0.2) is 11.0 Å². The van der Waals surface area contributed by atoms with Crippen molar-refractivity contribution in [2.75, 3.05) is 4.90 Å².